The van der Waals surface area contributed by atoms with Gasteiger partial charge in [0.2, 0.25) is 0 Å². The fourth-order valence-electron chi connectivity index (χ4n) is 2.28. The van der Waals surface area contributed by atoms with E-state index >= 15 is 0 Å². The Bertz CT molecular complexity index is 604. The van der Waals surface area contributed by atoms with Crippen molar-refractivity contribution in [2.75, 3.05) is 12.4 Å². The summed E-state index contributed by atoms with van der Waals surface area (Å²) in [7, 11) is 1.69. The third kappa shape index (κ3) is 3.13. The first kappa shape index (κ1) is 14.4. The highest BCUT2D eigenvalue weighted by Crippen LogP contribution is 2.26. The van der Waals surface area contributed by atoms with Crippen molar-refractivity contribution in [1.82, 2.24) is 0 Å². The maximum Gasteiger partial charge on any atom is 0.119 e. The molecule has 0 aromatic heterocycles. The Balaban J connectivity index is 2.18. The second-order valence-corrected chi connectivity index (χ2v) is 5.39. The van der Waals surface area contributed by atoms with E-state index in [2.05, 4.69) is 63.3 Å². The van der Waals surface area contributed by atoms with Crippen LogP contribution in [0.15, 0.2) is 36.4 Å². The van der Waals surface area contributed by atoms with Gasteiger partial charge >= 0.3 is 0 Å². The van der Waals surface area contributed by atoms with Crippen molar-refractivity contribution < 1.29 is 4.74 Å². The molecule has 0 spiro atoms. The number of hydrogen-bond acceptors (Lipinski definition) is 2. The topological polar surface area (TPSA) is 21.3 Å². The molecule has 1 N–H and O–H groups in total. The van der Waals surface area contributed by atoms with Crippen LogP contribution in [-0.2, 0) is 0 Å². The minimum absolute atomic E-state index is 0.279. The fourth-order valence-corrected chi connectivity index (χ4v) is 2.28. The summed E-state index contributed by atoms with van der Waals surface area (Å²) >= 11 is 0. The van der Waals surface area contributed by atoms with E-state index in [1.807, 2.05) is 6.07 Å². The molecule has 1 unspecified atom stereocenters. The van der Waals surface area contributed by atoms with E-state index < -0.39 is 0 Å². The molecule has 2 nitrogen and oxygen atoms in total. The maximum atomic E-state index is 5.24. The van der Waals surface area contributed by atoms with E-state index in [9.17, 15) is 0 Å². The van der Waals surface area contributed by atoms with Gasteiger partial charge in [0.25, 0.3) is 0 Å². The first-order chi connectivity index (χ1) is 9.51. The van der Waals surface area contributed by atoms with Gasteiger partial charge < -0.3 is 10.1 Å². The van der Waals surface area contributed by atoms with Gasteiger partial charge in [-0.15, -0.1) is 0 Å². The molecule has 20 heavy (non-hydrogen) atoms. The summed E-state index contributed by atoms with van der Waals surface area (Å²) in [6.45, 7) is 8.58. The van der Waals surface area contributed by atoms with E-state index in [0.29, 0.717) is 0 Å². The summed E-state index contributed by atoms with van der Waals surface area (Å²) in [5.41, 5.74) is 6.32. The van der Waals surface area contributed by atoms with Crippen LogP contribution in [0.1, 0.15) is 35.2 Å². The van der Waals surface area contributed by atoms with Gasteiger partial charge in [0.15, 0.2) is 0 Å². The van der Waals surface area contributed by atoms with Crippen molar-refractivity contribution in [2.24, 2.45) is 0 Å². The van der Waals surface area contributed by atoms with Crippen molar-refractivity contribution in [3.05, 3.63) is 58.7 Å². The molecule has 0 aliphatic heterocycles. The van der Waals surface area contributed by atoms with Crippen LogP contribution in [0.5, 0.6) is 5.75 Å². The monoisotopic (exact) mass is 269 g/mol. The van der Waals surface area contributed by atoms with Crippen LogP contribution in [0, 0.1) is 20.8 Å². The number of hydrogen-bond donors (Lipinski definition) is 1. The van der Waals surface area contributed by atoms with Gasteiger partial charge in [0, 0.05) is 11.7 Å². The summed E-state index contributed by atoms with van der Waals surface area (Å²) in [6.07, 6.45) is 0. The molecule has 2 aromatic rings. The first-order valence-electron chi connectivity index (χ1n) is 6.99. The number of aryl methyl sites for hydroxylation is 3. The van der Waals surface area contributed by atoms with Crippen molar-refractivity contribution in [3.63, 3.8) is 0 Å². The first-order valence-corrected chi connectivity index (χ1v) is 6.99. The molecule has 2 heteroatoms. The number of ether oxygens (including phenoxy) is 1. The Hall–Kier alpha value is -1.96. The lowest BCUT2D eigenvalue weighted by atomic mass is 10.0. The van der Waals surface area contributed by atoms with Crippen LogP contribution >= 0.6 is 0 Å². The smallest absolute Gasteiger partial charge is 0.119 e. The van der Waals surface area contributed by atoms with E-state index in [1.165, 1.54) is 22.3 Å². The zero-order chi connectivity index (χ0) is 14.7. The van der Waals surface area contributed by atoms with Crippen molar-refractivity contribution in [2.45, 2.75) is 33.7 Å². The molecular formula is C18H23NO. The molecule has 0 amide bonds. The molecule has 0 bridgehead atoms. The molecule has 0 radical (unpaired) electrons. The summed E-state index contributed by atoms with van der Waals surface area (Å²) in [4.78, 5) is 0. The molecule has 0 aliphatic carbocycles. The van der Waals surface area contributed by atoms with Crippen LogP contribution in [0.3, 0.4) is 0 Å². The summed E-state index contributed by atoms with van der Waals surface area (Å²) in [6, 6.07) is 13.0. The van der Waals surface area contributed by atoms with Gasteiger partial charge in [-0.2, -0.15) is 0 Å². The quantitative estimate of drug-likeness (QED) is 0.861. The van der Waals surface area contributed by atoms with Crippen LogP contribution in [0.25, 0.3) is 0 Å². The van der Waals surface area contributed by atoms with Crippen LogP contribution < -0.4 is 10.1 Å². The summed E-state index contributed by atoms with van der Waals surface area (Å²) in [5.74, 6) is 0.895. The molecule has 2 rings (SSSR count). The number of methoxy groups -OCH3 is 1. The molecule has 0 fully saturated rings. The van der Waals surface area contributed by atoms with Gasteiger partial charge in [-0.3, -0.25) is 0 Å². The molecule has 0 aliphatic rings. The van der Waals surface area contributed by atoms with Crippen molar-refractivity contribution in [1.29, 1.82) is 0 Å². The highest BCUT2D eigenvalue weighted by molar-refractivity contribution is 5.55. The summed E-state index contributed by atoms with van der Waals surface area (Å²) < 4.78 is 5.24. The SMILES string of the molecule is COc1ccc(NC(C)c2ccc(C)c(C)c2)c(C)c1. The summed E-state index contributed by atoms with van der Waals surface area (Å²) in [5, 5.41) is 3.57. The Labute approximate surface area is 121 Å². The number of anilines is 1. The molecule has 0 saturated heterocycles. The van der Waals surface area contributed by atoms with Gasteiger partial charge in [-0.05, 0) is 68.1 Å². The van der Waals surface area contributed by atoms with Crippen molar-refractivity contribution in [3.8, 4) is 5.75 Å². The number of rotatable bonds is 4. The predicted molar refractivity (Wildman–Crippen MR) is 85.7 cm³/mol. The lowest BCUT2D eigenvalue weighted by molar-refractivity contribution is 0.414. The van der Waals surface area contributed by atoms with E-state index in [-0.39, 0.29) is 6.04 Å². The third-order valence-electron chi connectivity index (χ3n) is 3.84. The largest absolute Gasteiger partial charge is 0.497 e. The number of nitrogens with one attached hydrogen (secondary N) is 1. The zero-order valence-corrected chi connectivity index (χ0v) is 12.9. The molecule has 2 aromatic carbocycles. The minimum atomic E-state index is 0.279. The van der Waals surface area contributed by atoms with Gasteiger partial charge in [-0.1, -0.05) is 18.2 Å². The predicted octanol–water partition coefficient (Wildman–Crippen LogP) is 4.79. The Kier molecular flexibility index (Phi) is 4.33. The zero-order valence-electron chi connectivity index (χ0n) is 12.9. The average Bonchev–Trinajstić information content (AvgIpc) is 2.43. The standard InChI is InChI=1S/C18H23NO/c1-12-6-7-16(10-13(12)2)15(4)19-18-9-8-17(20-5)11-14(18)3/h6-11,15,19H,1-5H3. The Morgan fingerprint density at radius 3 is 2.25 bits per heavy atom. The molecule has 0 heterocycles. The second-order valence-electron chi connectivity index (χ2n) is 5.39. The van der Waals surface area contributed by atoms with E-state index in [1.54, 1.807) is 7.11 Å². The van der Waals surface area contributed by atoms with Crippen LogP contribution in [-0.4, -0.2) is 7.11 Å². The maximum absolute atomic E-state index is 5.24. The van der Waals surface area contributed by atoms with Crippen molar-refractivity contribution >= 4 is 5.69 Å². The van der Waals surface area contributed by atoms with E-state index in [0.717, 1.165) is 11.4 Å². The van der Waals surface area contributed by atoms with Crippen LogP contribution in [0.2, 0.25) is 0 Å². The van der Waals surface area contributed by atoms with Gasteiger partial charge in [0.05, 0.1) is 7.11 Å². The minimum Gasteiger partial charge on any atom is -0.497 e. The van der Waals surface area contributed by atoms with Crippen LogP contribution in [0.4, 0.5) is 5.69 Å². The highest BCUT2D eigenvalue weighted by atomic mass is 16.5. The molecule has 106 valence electrons. The second kappa shape index (κ2) is 6.00. The fraction of sp³-hybridized carbons (Fsp3) is 0.333. The third-order valence-corrected chi connectivity index (χ3v) is 3.84. The average molecular weight is 269 g/mol. The Morgan fingerprint density at radius 1 is 0.900 bits per heavy atom. The Morgan fingerprint density at radius 2 is 1.65 bits per heavy atom. The highest BCUT2D eigenvalue weighted by Gasteiger charge is 2.08. The molecular weight excluding hydrogens is 246 g/mol. The lowest BCUT2D eigenvalue weighted by Gasteiger charge is -2.19. The molecule has 1 atom stereocenters. The normalized spacial score (nSPS) is 12.1. The van der Waals surface area contributed by atoms with E-state index in [4.69, 9.17) is 4.74 Å². The number of benzene rings is 2. The molecule has 0 saturated carbocycles. The van der Waals surface area contributed by atoms with Gasteiger partial charge in [-0.25, -0.2) is 0 Å². The van der Waals surface area contributed by atoms with Gasteiger partial charge in [0.1, 0.15) is 5.75 Å². The lowest BCUT2D eigenvalue weighted by Crippen LogP contribution is -2.08.